The summed E-state index contributed by atoms with van der Waals surface area (Å²) in [7, 11) is 0. The Kier molecular flexibility index (Phi) is 8.64. The van der Waals surface area contributed by atoms with Crippen LogP contribution in [0, 0.1) is 5.92 Å². The predicted molar refractivity (Wildman–Crippen MR) is 56.1 cm³/mol. The second-order valence-corrected chi connectivity index (χ2v) is 3.52. The number of rotatable bonds is 8. The van der Waals surface area contributed by atoms with E-state index in [9.17, 15) is 4.79 Å². The zero-order valence-electron chi connectivity index (χ0n) is 9.54. The van der Waals surface area contributed by atoms with E-state index >= 15 is 0 Å². The van der Waals surface area contributed by atoms with E-state index in [1.165, 1.54) is 12.8 Å². The number of ether oxygens (including phenoxy) is 2. The molecule has 3 heteroatoms. The molecule has 84 valence electrons. The Labute approximate surface area is 86.8 Å². The van der Waals surface area contributed by atoms with Gasteiger partial charge >= 0.3 is 5.97 Å². The van der Waals surface area contributed by atoms with Gasteiger partial charge in [-0.1, -0.05) is 20.3 Å². The molecule has 0 aromatic carbocycles. The molecule has 0 rings (SSSR count). The summed E-state index contributed by atoms with van der Waals surface area (Å²) in [5, 5.41) is 0. The van der Waals surface area contributed by atoms with Crippen LogP contribution in [0.1, 0.15) is 40.0 Å². The zero-order chi connectivity index (χ0) is 10.8. The molecule has 0 bridgehead atoms. The van der Waals surface area contributed by atoms with Gasteiger partial charge in [-0.25, -0.2) is 0 Å². The fourth-order valence-electron chi connectivity index (χ4n) is 1.25. The molecule has 14 heavy (non-hydrogen) atoms. The average Bonchev–Trinajstić information content (AvgIpc) is 2.13. The maximum absolute atomic E-state index is 10.9. The lowest BCUT2D eigenvalue weighted by molar-refractivity contribution is -0.144. The van der Waals surface area contributed by atoms with Crippen molar-refractivity contribution >= 4 is 5.97 Å². The van der Waals surface area contributed by atoms with Crippen molar-refractivity contribution in [2.24, 2.45) is 5.92 Å². The fraction of sp³-hybridized carbons (Fsp3) is 0.909. The lowest BCUT2D eigenvalue weighted by Gasteiger charge is -2.10. The Hall–Kier alpha value is -0.570. The third-order valence-electron chi connectivity index (χ3n) is 1.94. The summed E-state index contributed by atoms with van der Waals surface area (Å²) in [6, 6.07) is 0. The molecule has 0 saturated carbocycles. The molecule has 0 aromatic heterocycles. The topological polar surface area (TPSA) is 35.5 Å². The maximum atomic E-state index is 10.9. The summed E-state index contributed by atoms with van der Waals surface area (Å²) in [5.74, 6) is 0.415. The molecule has 0 fully saturated rings. The third kappa shape index (κ3) is 8.05. The molecule has 0 spiro atoms. The van der Waals surface area contributed by atoms with E-state index in [1.807, 2.05) is 6.92 Å². The van der Waals surface area contributed by atoms with Crippen LogP contribution >= 0.6 is 0 Å². The van der Waals surface area contributed by atoms with Gasteiger partial charge in [0.1, 0.15) is 0 Å². The Morgan fingerprint density at radius 3 is 2.64 bits per heavy atom. The Morgan fingerprint density at radius 2 is 2.07 bits per heavy atom. The van der Waals surface area contributed by atoms with Gasteiger partial charge in [-0.15, -0.1) is 0 Å². The lowest BCUT2D eigenvalue weighted by Crippen LogP contribution is -2.11. The van der Waals surface area contributed by atoms with Crippen LogP contribution in [-0.4, -0.2) is 25.8 Å². The maximum Gasteiger partial charge on any atom is 0.308 e. The molecule has 0 heterocycles. The van der Waals surface area contributed by atoms with Crippen molar-refractivity contribution in [1.82, 2.24) is 0 Å². The van der Waals surface area contributed by atoms with E-state index in [0.29, 0.717) is 25.6 Å². The molecule has 0 saturated heterocycles. The predicted octanol–water partition coefficient (Wildman–Crippen LogP) is 2.39. The van der Waals surface area contributed by atoms with Gasteiger partial charge in [-0.2, -0.15) is 0 Å². The molecule has 0 amide bonds. The van der Waals surface area contributed by atoms with Crippen LogP contribution in [0.4, 0.5) is 0 Å². The van der Waals surface area contributed by atoms with Crippen molar-refractivity contribution < 1.29 is 14.3 Å². The summed E-state index contributed by atoms with van der Waals surface area (Å²) in [6.45, 7) is 7.80. The van der Waals surface area contributed by atoms with Crippen molar-refractivity contribution in [2.75, 3.05) is 19.8 Å². The first kappa shape index (κ1) is 13.4. The Bertz CT molecular complexity index is 145. The van der Waals surface area contributed by atoms with Crippen molar-refractivity contribution in [3.63, 3.8) is 0 Å². The first-order chi connectivity index (χ1) is 6.70. The molecule has 1 unspecified atom stereocenters. The van der Waals surface area contributed by atoms with E-state index in [-0.39, 0.29) is 5.97 Å². The Balaban J connectivity index is 3.24. The van der Waals surface area contributed by atoms with Gasteiger partial charge in [-0.05, 0) is 19.3 Å². The highest BCUT2D eigenvalue weighted by Crippen LogP contribution is 2.05. The normalized spacial score (nSPS) is 12.5. The third-order valence-corrected chi connectivity index (χ3v) is 1.94. The van der Waals surface area contributed by atoms with Gasteiger partial charge in [0.15, 0.2) is 0 Å². The molecule has 1 atom stereocenters. The van der Waals surface area contributed by atoms with Gasteiger partial charge in [0.25, 0.3) is 0 Å². The largest absolute Gasteiger partial charge is 0.466 e. The molecular formula is C11H22O3. The smallest absolute Gasteiger partial charge is 0.308 e. The molecule has 0 N–H and O–H groups in total. The van der Waals surface area contributed by atoms with E-state index < -0.39 is 0 Å². The van der Waals surface area contributed by atoms with E-state index in [0.717, 1.165) is 6.61 Å². The van der Waals surface area contributed by atoms with Crippen molar-refractivity contribution in [2.45, 2.75) is 40.0 Å². The second kappa shape index (κ2) is 9.00. The SMILES string of the molecule is CCCC(C)COCCC(=O)OCC. The highest BCUT2D eigenvalue weighted by Gasteiger charge is 2.03. The van der Waals surface area contributed by atoms with Crippen LogP contribution in [0.2, 0.25) is 0 Å². The van der Waals surface area contributed by atoms with Gasteiger partial charge in [-0.3, -0.25) is 4.79 Å². The van der Waals surface area contributed by atoms with E-state index in [2.05, 4.69) is 13.8 Å². The fourth-order valence-corrected chi connectivity index (χ4v) is 1.25. The summed E-state index contributed by atoms with van der Waals surface area (Å²) in [6.07, 6.45) is 2.73. The van der Waals surface area contributed by atoms with Gasteiger partial charge < -0.3 is 9.47 Å². The first-order valence-corrected chi connectivity index (χ1v) is 5.44. The van der Waals surface area contributed by atoms with Crippen LogP contribution in [0.15, 0.2) is 0 Å². The molecule has 0 radical (unpaired) electrons. The second-order valence-electron chi connectivity index (χ2n) is 3.52. The first-order valence-electron chi connectivity index (χ1n) is 5.44. The molecule has 0 aromatic rings. The van der Waals surface area contributed by atoms with Gasteiger partial charge in [0, 0.05) is 6.61 Å². The number of esters is 1. The monoisotopic (exact) mass is 202 g/mol. The quantitative estimate of drug-likeness (QED) is 0.448. The number of carbonyl (C=O) groups is 1. The lowest BCUT2D eigenvalue weighted by atomic mass is 10.1. The van der Waals surface area contributed by atoms with Gasteiger partial charge in [0.2, 0.25) is 0 Å². The summed E-state index contributed by atoms with van der Waals surface area (Å²) in [5.41, 5.74) is 0. The molecule has 3 nitrogen and oxygen atoms in total. The van der Waals surface area contributed by atoms with Crippen LogP contribution in [-0.2, 0) is 14.3 Å². The molecular weight excluding hydrogens is 180 g/mol. The highest BCUT2D eigenvalue weighted by atomic mass is 16.5. The zero-order valence-corrected chi connectivity index (χ0v) is 9.54. The molecule has 0 aliphatic carbocycles. The number of carbonyl (C=O) groups excluding carboxylic acids is 1. The minimum absolute atomic E-state index is 0.171. The Morgan fingerprint density at radius 1 is 1.36 bits per heavy atom. The highest BCUT2D eigenvalue weighted by molar-refractivity contribution is 5.69. The summed E-state index contributed by atoms with van der Waals surface area (Å²) >= 11 is 0. The summed E-state index contributed by atoms with van der Waals surface area (Å²) < 4.78 is 10.1. The van der Waals surface area contributed by atoms with Crippen LogP contribution in [0.25, 0.3) is 0 Å². The minimum Gasteiger partial charge on any atom is -0.466 e. The average molecular weight is 202 g/mol. The minimum atomic E-state index is -0.171. The number of hydrogen-bond donors (Lipinski definition) is 0. The van der Waals surface area contributed by atoms with E-state index in [1.54, 1.807) is 0 Å². The summed E-state index contributed by atoms with van der Waals surface area (Å²) in [4.78, 5) is 10.9. The van der Waals surface area contributed by atoms with Crippen molar-refractivity contribution in [1.29, 1.82) is 0 Å². The standard InChI is InChI=1S/C11H22O3/c1-4-6-10(3)9-13-8-7-11(12)14-5-2/h10H,4-9H2,1-3H3. The van der Waals surface area contributed by atoms with Gasteiger partial charge in [0.05, 0.1) is 19.6 Å². The van der Waals surface area contributed by atoms with Crippen LogP contribution < -0.4 is 0 Å². The van der Waals surface area contributed by atoms with Crippen molar-refractivity contribution in [3.8, 4) is 0 Å². The molecule has 0 aliphatic heterocycles. The number of hydrogen-bond acceptors (Lipinski definition) is 3. The van der Waals surface area contributed by atoms with Crippen LogP contribution in [0.5, 0.6) is 0 Å². The van der Waals surface area contributed by atoms with E-state index in [4.69, 9.17) is 9.47 Å². The van der Waals surface area contributed by atoms with Crippen LogP contribution in [0.3, 0.4) is 0 Å². The molecule has 0 aliphatic rings. The van der Waals surface area contributed by atoms with Crippen molar-refractivity contribution in [3.05, 3.63) is 0 Å².